The first-order valence-corrected chi connectivity index (χ1v) is 7.83. The molecule has 0 aliphatic carbocycles. The Morgan fingerprint density at radius 1 is 1.18 bits per heavy atom. The van der Waals surface area contributed by atoms with Crippen molar-refractivity contribution in [2.45, 2.75) is 39.2 Å². The Kier molecular flexibility index (Phi) is 8.10. The lowest BCUT2D eigenvalue weighted by Gasteiger charge is -2.04. The van der Waals surface area contributed by atoms with E-state index in [1.807, 2.05) is 18.0 Å². The number of unbranched alkanes of at least 4 members (excludes halogenated alkanes) is 3. The van der Waals surface area contributed by atoms with E-state index in [-0.39, 0.29) is 0 Å². The highest BCUT2D eigenvalue weighted by Gasteiger charge is 1.94. The SMILES string of the molecule is CSCCCCCCNCc1ccc(C)cn1. The molecule has 1 N–H and O–H groups in total. The Bertz CT molecular complexity index is 285. The number of hydrogen-bond donors (Lipinski definition) is 1. The van der Waals surface area contributed by atoms with Crippen LogP contribution >= 0.6 is 11.8 Å². The van der Waals surface area contributed by atoms with Gasteiger partial charge in [-0.25, -0.2) is 0 Å². The molecule has 1 aromatic heterocycles. The highest BCUT2D eigenvalue weighted by Crippen LogP contribution is 2.04. The van der Waals surface area contributed by atoms with Crippen molar-refractivity contribution in [3.63, 3.8) is 0 Å². The summed E-state index contributed by atoms with van der Waals surface area (Å²) in [5.74, 6) is 1.31. The van der Waals surface area contributed by atoms with Gasteiger partial charge in [-0.3, -0.25) is 4.98 Å². The summed E-state index contributed by atoms with van der Waals surface area (Å²) >= 11 is 1.94. The third-order valence-corrected chi connectivity index (χ3v) is 3.43. The molecule has 0 fully saturated rings. The van der Waals surface area contributed by atoms with Crippen molar-refractivity contribution in [1.82, 2.24) is 10.3 Å². The minimum atomic E-state index is 0.894. The van der Waals surface area contributed by atoms with Crippen LogP contribution in [0.3, 0.4) is 0 Å². The molecule has 1 rings (SSSR count). The first-order chi connectivity index (χ1) is 8.33. The molecule has 0 atom stereocenters. The first kappa shape index (κ1) is 14.5. The van der Waals surface area contributed by atoms with Gasteiger partial charge < -0.3 is 5.32 Å². The van der Waals surface area contributed by atoms with Crippen LogP contribution in [0.25, 0.3) is 0 Å². The number of hydrogen-bond acceptors (Lipinski definition) is 3. The summed E-state index contributed by atoms with van der Waals surface area (Å²) in [6, 6.07) is 4.22. The van der Waals surface area contributed by atoms with Crippen LogP contribution in [-0.4, -0.2) is 23.5 Å². The van der Waals surface area contributed by atoms with Gasteiger partial charge in [-0.1, -0.05) is 18.9 Å². The minimum Gasteiger partial charge on any atom is -0.311 e. The van der Waals surface area contributed by atoms with Crippen LogP contribution in [0.4, 0.5) is 0 Å². The van der Waals surface area contributed by atoms with Gasteiger partial charge in [0.1, 0.15) is 0 Å². The molecule has 0 spiro atoms. The number of pyridine rings is 1. The number of rotatable bonds is 9. The molecule has 0 aromatic carbocycles. The average Bonchev–Trinajstić information content (AvgIpc) is 2.35. The Morgan fingerprint density at radius 2 is 2.00 bits per heavy atom. The van der Waals surface area contributed by atoms with Gasteiger partial charge in [-0.2, -0.15) is 11.8 Å². The summed E-state index contributed by atoms with van der Waals surface area (Å²) < 4.78 is 0. The molecule has 0 amide bonds. The maximum Gasteiger partial charge on any atom is 0.0541 e. The van der Waals surface area contributed by atoms with Crippen molar-refractivity contribution < 1.29 is 0 Å². The van der Waals surface area contributed by atoms with Gasteiger partial charge >= 0.3 is 0 Å². The summed E-state index contributed by atoms with van der Waals surface area (Å²) in [5.41, 5.74) is 2.36. The van der Waals surface area contributed by atoms with E-state index in [0.29, 0.717) is 0 Å². The zero-order valence-electron chi connectivity index (χ0n) is 11.0. The van der Waals surface area contributed by atoms with Crippen molar-refractivity contribution >= 4 is 11.8 Å². The van der Waals surface area contributed by atoms with E-state index in [0.717, 1.165) is 18.8 Å². The molecule has 0 bridgehead atoms. The van der Waals surface area contributed by atoms with Gasteiger partial charge in [0.15, 0.2) is 0 Å². The minimum absolute atomic E-state index is 0.894. The van der Waals surface area contributed by atoms with Crippen molar-refractivity contribution in [3.8, 4) is 0 Å². The number of nitrogens with one attached hydrogen (secondary N) is 1. The van der Waals surface area contributed by atoms with E-state index in [2.05, 4.69) is 35.6 Å². The molecule has 0 saturated carbocycles. The van der Waals surface area contributed by atoms with Crippen LogP contribution in [0.15, 0.2) is 18.3 Å². The van der Waals surface area contributed by atoms with E-state index in [9.17, 15) is 0 Å². The van der Waals surface area contributed by atoms with Crippen LogP contribution in [0.5, 0.6) is 0 Å². The fourth-order valence-corrected chi connectivity index (χ4v) is 2.16. The molecule has 2 nitrogen and oxygen atoms in total. The quantitative estimate of drug-likeness (QED) is 0.682. The number of aromatic nitrogens is 1. The molecule has 1 heterocycles. The lowest BCUT2D eigenvalue weighted by atomic mass is 10.2. The second-order valence-corrected chi connectivity index (χ2v) is 5.40. The molecule has 96 valence electrons. The molecule has 17 heavy (non-hydrogen) atoms. The van der Waals surface area contributed by atoms with E-state index in [1.165, 1.54) is 37.0 Å². The maximum atomic E-state index is 4.37. The van der Waals surface area contributed by atoms with Crippen molar-refractivity contribution in [2.24, 2.45) is 0 Å². The molecule has 3 heteroatoms. The molecular weight excluding hydrogens is 228 g/mol. The average molecular weight is 252 g/mol. The predicted octanol–water partition coefficient (Wildman–Crippen LogP) is 3.40. The van der Waals surface area contributed by atoms with E-state index in [1.54, 1.807) is 0 Å². The normalized spacial score (nSPS) is 10.7. The predicted molar refractivity (Wildman–Crippen MR) is 77.5 cm³/mol. The van der Waals surface area contributed by atoms with E-state index >= 15 is 0 Å². The Balaban J connectivity index is 1.95. The lowest BCUT2D eigenvalue weighted by Crippen LogP contribution is -2.15. The van der Waals surface area contributed by atoms with Gasteiger partial charge in [-0.05, 0) is 49.9 Å². The first-order valence-electron chi connectivity index (χ1n) is 6.44. The topological polar surface area (TPSA) is 24.9 Å². The van der Waals surface area contributed by atoms with E-state index < -0.39 is 0 Å². The molecule has 0 aliphatic rings. The molecule has 0 radical (unpaired) electrons. The second-order valence-electron chi connectivity index (χ2n) is 4.41. The van der Waals surface area contributed by atoms with Crippen LogP contribution in [0.2, 0.25) is 0 Å². The van der Waals surface area contributed by atoms with Gasteiger partial charge in [-0.15, -0.1) is 0 Å². The van der Waals surface area contributed by atoms with Gasteiger partial charge in [0.2, 0.25) is 0 Å². The van der Waals surface area contributed by atoms with Gasteiger partial charge in [0.25, 0.3) is 0 Å². The molecule has 1 aromatic rings. The standard InChI is InChI=1S/C14H24N2S/c1-13-7-8-14(16-11-13)12-15-9-5-3-4-6-10-17-2/h7-8,11,15H,3-6,9-10,12H2,1-2H3. The van der Waals surface area contributed by atoms with Crippen molar-refractivity contribution in [1.29, 1.82) is 0 Å². The van der Waals surface area contributed by atoms with Gasteiger partial charge in [0.05, 0.1) is 5.69 Å². The summed E-state index contributed by atoms with van der Waals surface area (Å²) in [7, 11) is 0. The van der Waals surface area contributed by atoms with Crippen molar-refractivity contribution in [2.75, 3.05) is 18.6 Å². The molecular formula is C14H24N2S. The highest BCUT2D eigenvalue weighted by molar-refractivity contribution is 7.98. The molecule has 0 aliphatic heterocycles. The number of nitrogens with zero attached hydrogens (tertiary/aromatic N) is 1. The fraction of sp³-hybridized carbons (Fsp3) is 0.643. The second kappa shape index (κ2) is 9.49. The third kappa shape index (κ3) is 7.40. The Hall–Kier alpha value is -0.540. The Morgan fingerprint density at radius 3 is 2.71 bits per heavy atom. The monoisotopic (exact) mass is 252 g/mol. The van der Waals surface area contributed by atoms with Crippen LogP contribution in [0.1, 0.15) is 36.9 Å². The largest absolute Gasteiger partial charge is 0.311 e. The van der Waals surface area contributed by atoms with Crippen LogP contribution in [-0.2, 0) is 6.54 Å². The van der Waals surface area contributed by atoms with Gasteiger partial charge in [0, 0.05) is 12.7 Å². The number of thioether (sulfide) groups is 1. The zero-order chi connectivity index (χ0) is 12.3. The molecule has 0 unspecified atom stereocenters. The molecule has 0 saturated heterocycles. The summed E-state index contributed by atoms with van der Waals surface area (Å²) in [6.45, 7) is 4.07. The van der Waals surface area contributed by atoms with Crippen LogP contribution in [0, 0.1) is 6.92 Å². The third-order valence-electron chi connectivity index (χ3n) is 2.73. The zero-order valence-corrected chi connectivity index (χ0v) is 11.9. The summed E-state index contributed by atoms with van der Waals surface area (Å²) in [5, 5.41) is 3.44. The lowest BCUT2D eigenvalue weighted by molar-refractivity contribution is 0.595. The van der Waals surface area contributed by atoms with Crippen molar-refractivity contribution in [3.05, 3.63) is 29.6 Å². The summed E-state index contributed by atoms with van der Waals surface area (Å²) in [6.07, 6.45) is 9.46. The van der Waals surface area contributed by atoms with Crippen LogP contribution < -0.4 is 5.32 Å². The van der Waals surface area contributed by atoms with E-state index in [4.69, 9.17) is 0 Å². The number of aryl methyl sites for hydroxylation is 1. The maximum absolute atomic E-state index is 4.37. The summed E-state index contributed by atoms with van der Waals surface area (Å²) in [4.78, 5) is 4.37. The Labute approximate surface area is 110 Å². The highest BCUT2D eigenvalue weighted by atomic mass is 32.2. The smallest absolute Gasteiger partial charge is 0.0541 e. The fourth-order valence-electron chi connectivity index (χ4n) is 1.67.